The maximum absolute atomic E-state index is 12.9. The van der Waals surface area contributed by atoms with Gasteiger partial charge in [0.05, 0.1) is 11.1 Å². The van der Waals surface area contributed by atoms with Crippen molar-refractivity contribution in [2.24, 2.45) is 0 Å². The molecule has 0 saturated heterocycles. The number of benzene rings is 1. The molecule has 0 bridgehead atoms. The zero-order valence-electron chi connectivity index (χ0n) is 12.0. The molecule has 3 heterocycles. The summed E-state index contributed by atoms with van der Waals surface area (Å²) in [6, 6.07) is 13.1. The van der Waals surface area contributed by atoms with Crippen molar-refractivity contribution in [2.45, 2.75) is 0 Å². The summed E-state index contributed by atoms with van der Waals surface area (Å²) in [6.07, 6.45) is 1.39. The van der Waals surface area contributed by atoms with Gasteiger partial charge in [-0.25, -0.2) is 9.97 Å². The third kappa shape index (κ3) is 2.20. The fourth-order valence-corrected chi connectivity index (χ4v) is 3.40. The molecule has 0 atom stereocenters. The largest absolute Gasteiger partial charge is 0.383 e. The van der Waals surface area contributed by atoms with E-state index in [4.69, 9.17) is 5.73 Å². The van der Waals surface area contributed by atoms with E-state index in [9.17, 15) is 4.79 Å². The van der Waals surface area contributed by atoms with Crippen molar-refractivity contribution < 1.29 is 4.79 Å². The fourth-order valence-electron chi connectivity index (χ4n) is 2.62. The first-order valence-electron chi connectivity index (χ1n) is 7.01. The van der Waals surface area contributed by atoms with Crippen LogP contribution in [-0.2, 0) is 0 Å². The van der Waals surface area contributed by atoms with Gasteiger partial charge < -0.3 is 10.7 Å². The highest BCUT2D eigenvalue weighted by molar-refractivity contribution is 7.13. The van der Waals surface area contributed by atoms with Crippen molar-refractivity contribution >= 4 is 34.0 Å². The monoisotopic (exact) mass is 320 g/mol. The predicted molar refractivity (Wildman–Crippen MR) is 91.5 cm³/mol. The van der Waals surface area contributed by atoms with Crippen LogP contribution in [0.25, 0.3) is 21.5 Å². The minimum atomic E-state index is -0.0913. The van der Waals surface area contributed by atoms with Crippen LogP contribution < -0.4 is 5.73 Å². The van der Waals surface area contributed by atoms with Crippen molar-refractivity contribution in [3.8, 4) is 10.4 Å². The Hall–Kier alpha value is -2.99. The molecule has 4 aromatic rings. The smallest absolute Gasteiger partial charge is 0.209 e. The van der Waals surface area contributed by atoms with E-state index in [0.29, 0.717) is 28.1 Å². The minimum Gasteiger partial charge on any atom is -0.383 e. The van der Waals surface area contributed by atoms with Crippen molar-refractivity contribution in [1.29, 1.82) is 0 Å². The second-order valence-corrected chi connectivity index (χ2v) is 5.98. The van der Waals surface area contributed by atoms with Gasteiger partial charge in [-0.05, 0) is 11.4 Å². The number of nitrogens with two attached hydrogens (primary N) is 1. The number of rotatable bonds is 3. The van der Waals surface area contributed by atoms with Crippen LogP contribution in [0.1, 0.15) is 16.1 Å². The number of carbonyl (C=O) groups excluding carboxylic acids is 1. The molecular formula is C17H12N4OS. The van der Waals surface area contributed by atoms with Crippen LogP contribution in [0.15, 0.2) is 54.2 Å². The quantitative estimate of drug-likeness (QED) is 0.566. The zero-order valence-corrected chi connectivity index (χ0v) is 12.8. The van der Waals surface area contributed by atoms with Gasteiger partial charge in [-0.15, -0.1) is 11.3 Å². The normalized spacial score (nSPS) is 11.0. The Balaban J connectivity index is 2.02. The first kappa shape index (κ1) is 13.7. The lowest BCUT2D eigenvalue weighted by Crippen LogP contribution is -2.03. The van der Waals surface area contributed by atoms with E-state index >= 15 is 0 Å². The second-order valence-electron chi connectivity index (χ2n) is 5.03. The number of nitrogens with zero attached hydrogens (tertiary/aromatic N) is 2. The van der Waals surface area contributed by atoms with Crippen molar-refractivity contribution in [3.63, 3.8) is 0 Å². The number of H-pyrrole nitrogens is 1. The van der Waals surface area contributed by atoms with Crippen LogP contribution in [0.2, 0.25) is 0 Å². The van der Waals surface area contributed by atoms with E-state index < -0.39 is 0 Å². The summed E-state index contributed by atoms with van der Waals surface area (Å²) in [4.78, 5) is 25.3. The maximum Gasteiger partial charge on any atom is 0.209 e. The Morgan fingerprint density at radius 1 is 1.09 bits per heavy atom. The van der Waals surface area contributed by atoms with Crippen molar-refractivity contribution in [1.82, 2.24) is 15.0 Å². The molecule has 0 aliphatic rings. The lowest BCUT2D eigenvalue weighted by molar-refractivity contribution is 0.103. The summed E-state index contributed by atoms with van der Waals surface area (Å²) in [6.45, 7) is 0. The molecule has 3 aromatic heterocycles. The van der Waals surface area contributed by atoms with Gasteiger partial charge in [0.25, 0.3) is 0 Å². The van der Waals surface area contributed by atoms with Crippen molar-refractivity contribution in [2.75, 3.05) is 5.73 Å². The van der Waals surface area contributed by atoms with E-state index in [1.807, 2.05) is 35.7 Å². The molecule has 3 N–H and O–H groups in total. The number of hydrogen-bond acceptors (Lipinski definition) is 5. The number of nitrogen functional groups attached to an aromatic ring is 1. The Bertz CT molecular complexity index is 990. The lowest BCUT2D eigenvalue weighted by atomic mass is 10.0. The van der Waals surface area contributed by atoms with Gasteiger partial charge in [-0.2, -0.15) is 0 Å². The van der Waals surface area contributed by atoms with Gasteiger partial charge in [0, 0.05) is 16.0 Å². The Labute approximate surface area is 135 Å². The van der Waals surface area contributed by atoms with Crippen LogP contribution >= 0.6 is 11.3 Å². The first-order chi connectivity index (χ1) is 11.3. The molecule has 1 aromatic carbocycles. The number of hydrogen-bond donors (Lipinski definition) is 2. The molecule has 112 valence electrons. The van der Waals surface area contributed by atoms with Gasteiger partial charge in [-0.3, -0.25) is 4.79 Å². The number of nitrogens with one attached hydrogen (secondary N) is 1. The second kappa shape index (κ2) is 5.33. The summed E-state index contributed by atoms with van der Waals surface area (Å²) in [5.41, 5.74) is 8.47. The first-order valence-corrected chi connectivity index (χ1v) is 7.89. The highest BCUT2D eigenvalue weighted by Gasteiger charge is 2.23. The van der Waals surface area contributed by atoms with Gasteiger partial charge in [0.1, 0.15) is 17.8 Å². The van der Waals surface area contributed by atoms with E-state index in [1.54, 1.807) is 23.5 Å². The summed E-state index contributed by atoms with van der Waals surface area (Å²) >= 11 is 1.55. The summed E-state index contributed by atoms with van der Waals surface area (Å²) < 4.78 is 0. The predicted octanol–water partition coefficient (Wildman–Crippen LogP) is 3.50. The molecule has 0 aliphatic heterocycles. The number of fused-ring (bicyclic) bond motifs is 1. The number of carbonyl (C=O) groups is 1. The number of aromatic amines is 1. The number of aromatic nitrogens is 3. The third-order valence-electron chi connectivity index (χ3n) is 3.65. The minimum absolute atomic E-state index is 0.0913. The lowest BCUT2D eigenvalue weighted by Gasteiger charge is -2.03. The Morgan fingerprint density at radius 2 is 1.91 bits per heavy atom. The van der Waals surface area contributed by atoms with Crippen molar-refractivity contribution in [3.05, 3.63) is 65.4 Å². The molecule has 6 heteroatoms. The molecule has 0 unspecified atom stereocenters. The SMILES string of the molecule is Nc1ncnc2[nH]c(C(=O)c3ccccc3)c(-c3cccs3)c12. The third-order valence-corrected chi connectivity index (χ3v) is 4.54. The van der Waals surface area contributed by atoms with Crippen LogP contribution in [-0.4, -0.2) is 20.7 Å². The van der Waals surface area contributed by atoms with Gasteiger partial charge >= 0.3 is 0 Å². The van der Waals surface area contributed by atoms with Crippen LogP contribution in [0.5, 0.6) is 0 Å². The van der Waals surface area contributed by atoms with E-state index in [0.717, 1.165) is 10.4 Å². The molecule has 5 nitrogen and oxygen atoms in total. The molecule has 23 heavy (non-hydrogen) atoms. The van der Waals surface area contributed by atoms with Gasteiger partial charge in [0.15, 0.2) is 0 Å². The molecule has 0 fully saturated rings. The Morgan fingerprint density at radius 3 is 2.65 bits per heavy atom. The number of anilines is 1. The summed E-state index contributed by atoms with van der Waals surface area (Å²) in [5.74, 6) is 0.271. The average Bonchev–Trinajstić information content (AvgIpc) is 3.22. The fraction of sp³-hybridized carbons (Fsp3) is 0. The molecule has 0 aliphatic carbocycles. The summed E-state index contributed by atoms with van der Waals surface area (Å²) in [7, 11) is 0. The molecule has 0 saturated carbocycles. The standard InChI is InChI=1S/C17H12N4OS/c18-16-13-12(11-7-4-8-23-11)14(21-17(13)20-9-19-16)15(22)10-5-2-1-3-6-10/h1-9H,(H3,18,19,20,21). The van der Waals surface area contributed by atoms with Gasteiger partial charge in [-0.1, -0.05) is 36.4 Å². The van der Waals surface area contributed by atoms with E-state index in [1.165, 1.54) is 6.33 Å². The van der Waals surface area contributed by atoms with Gasteiger partial charge in [0.2, 0.25) is 5.78 Å². The molecular weight excluding hydrogens is 308 g/mol. The van der Waals surface area contributed by atoms with Crippen LogP contribution in [0.3, 0.4) is 0 Å². The highest BCUT2D eigenvalue weighted by Crippen LogP contribution is 2.37. The van der Waals surface area contributed by atoms with Crippen LogP contribution in [0, 0.1) is 0 Å². The summed E-state index contributed by atoms with van der Waals surface area (Å²) in [5, 5.41) is 2.65. The topological polar surface area (TPSA) is 84.7 Å². The number of thiophene rings is 1. The highest BCUT2D eigenvalue weighted by atomic mass is 32.1. The van der Waals surface area contributed by atoms with E-state index in [2.05, 4.69) is 15.0 Å². The molecule has 0 radical (unpaired) electrons. The van der Waals surface area contributed by atoms with Crippen LogP contribution in [0.4, 0.5) is 5.82 Å². The maximum atomic E-state index is 12.9. The van der Waals surface area contributed by atoms with E-state index in [-0.39, 0.29) is 5.78 Å². The number of ketones is 1. The molecule has 0 amide bonds. The molecule has 4 rings (SSSR count). The zero-order chi connectivity index (χ0) is 15.8. The average molecular weight is 320 g/mol. The Kier molecular flexibility index (Phi) is 3.17. The molecule has 0 spiro atoms.